The van der Waals surface area contributed by atoms with Crippen LogP contribution in [-0.2, 0) is 9.59 Å². The van der Waals surface area contributed by atoms with E-state index in [4.69, 9.17) is 0 Å². The number of benzene rings is 2. The van der Waals surface area contributed by atoms with Gasteiger partial charge in [-0.15, -0.1) is 11.3 Å². The van der Waals surface area contributed by atoms with Crippen LogP contribution in [0.5, 0.6) is 0 Å². The number of aryl methyl sites for hydroxylation is 1. The highest BCUT2D eigenvalue weighted by Crippen LogP contribution is 2.44. The molecule has 1 atom stereocenters. The molecule has 2 heterocycles. The highest BCUT2D eigenvalue weighted by Gasteiger charge is 2.47. The maximum atomic E-state index is 13.0. The first-order chi connectivity index (χ1) is 13.5. The summed E-state index contributed by atoms with van der Waals surface area (Å²) in [6.45, 7) is 1.90. The van der Waals surface area contributed by atoms with Gasteiger partial charge in [-0.1, -0.05) is 52.3 Å². The molecule has 0 radical (unpaired) electrons. The van der Waals surface area contributed by atoms with Crippen LogP contribution in [0, 0.1) is 6.92 Å². The Morgan fingerprint density at radius 3 is 2.39 bits per heavy atom. The molecule has 1 unspecified atom stereocenters. The molecular formula is C22H16BrNO3S. The molecule has 3 aromatic rings. The quantitative estimate of drug-likeness (QED) is 0.326. The molecule has 0 aliphatic carbocycles. The molecule has 140 valence electrons. The highest BCUT2D eigenvalue weighted by molar-refractivity contribution is 9.10. The summed E-state index contributed by atoms with van der Waals surface area (Å²) >= 11 is 4.81. The van der Waals surface area contributed by atoms with Crippen molar-refractivity contribution in [1.29, 1.82) is 0 Å². The smallest absolute Gasteiger partial charge is 0.300 e. The summed E-state index contributed by atoms with van der Waals surface area (Å²) in [5.41, 5.74) is 2.15. The van der Waals surface area contributed by atoms with Gasteiger partial charge in [0.25, 0.3) is 11.7 Å². The number of halogens is 1. The predicted molar refractivity (Wildman–Crippen MR) is 114 cm³/mol. The molecule has 1 aliphatic heterocycles. The van der Waals surface area contributed by atoms with Gasteiger partial charge in [-0.05, 0) is 42.1 Å². The number of nitrogens with zero attached hydrogens (tertiary/aromatic N) is 1. The number of hydrogen-bond donors (Lipinski definition) is 1. The van der Waals surface area contributed by atoms with E-state index in [1.165, 1.54) is 16.2 Å². The first kappa shape index (κ1) is 18.7. The Kier molecular flexibility index (Phi) is 4.91. The van der Waals surface area contributed by atoms with E-state index in [0.29, 0.717) is 11.3 Å². The van der Waals surface area contributed by atoms with Gasteiger partial charge in [-0.2, -0.15) is 0 Å². The fourth-order valence-electron chi connectivity index (χ4n) is 3.39. The molecule has 4 rings (SSSR count). The van der Waals surface area contributed by atoms with Crippen LogP contribution in [0.2, 0.25) is 0 Å². The molecular weight excluding hydrogens is 438 g/mol. The average Bonchev–Trinajstić information content (AvgIpc) is 3.30. The highest BCUT2D eigenvalue weighted by atomic mass is 79.9. The number of amides is 1. The van der Waals surface area contributed by atoms with Crippen molar-refractivity contribution in [2.75, 3.05) is 4.90 Å². The van der Waals surface area contributed by atoms with Crippen molar-refractivity contribution >= 4 is 50.4 Å². The number of carbonyl (C=O) groups is 2. The van der Waals surface area contributed by atoms with Gasteiger partial charge in [-0.3, -0.25) is 14.5 Å². The molecule has 0 spiro atoms. The van der Waals surface area contributed by atoms with Gasteiger partial charge in [0, 0.05) is 20.6 Å². The molecule has 6 heteroatoms. The number of anilines is 1. The van der Waals surface area contributed by atoms with Crippen molar-refractivity contribution in [2.24, 2.45) is 0 Å². The molecule has 1 amide bonds. The van der Waals surface area contributed by atoms with E-state index in [2.05, 4.69) is 15.9 Å². The monoisotopic (exact) mass is 453 g/mol. The summed E-state index contributed by atoms with van der Waals surface area (Å²) in [5.74, 6) is -1.48. The third-order valence-corrected chi connectivity index (χ3v) is 6.20. The van der Waals surface area contributed by atoms with E-state index in [1.54, 1.807) is 24.3 Å². The topological polar surface area (TPSA) is 57.6 Å². The van der Waals surface area contributed by atoms with E-state index in [-0.39, 0.29) is 11.3 Å². The van der Waals surface area contributed by atoms with Crippen molar-refractivity contribution in [1.82, 2.24) is 0 Å². The minimum atomic E-state index is -0.679. The molecule has 4 nitrogen and oxygen atoms in total. The molecule has 1 aliphatic rings. The Labute approximate surface area is 174 Å². The van der Waals surface area contributed by atoms with Crippen molar-refractivity contribution in [2.45, 2.75) is 13.0 Å². The van der Waals surface area contributed by atoms with E-state index >= 15 is 0 Å². The van der Waals surface area contributed by atoms with Crippen LogP contribution >= 0.6 is 27.3 Å². The number of aliphatic hydroxyl groups is 1. The SMILES string of the molecule is Cc1ccccc1N1C(=O)C(=O)/C(=C(\O)c2ccc(Br)cc2)C1c1cccs1. The maximum absolute atomic E-state index is 13.0. The minimum absolute atomic E-state index is 0.109. The van der Waals surface area contributed by atoms with Gasteiger partial charge in [0.05, 0.1) is 5.57 Å². The van der Waals surface area contributed by atoms with E-state index in [9.17, 15) is 14.7 Å². The first-order valence-electron chi connectivity index (χ1n) is 8.65. The molecule has 2 aromatic carbocycles. The number of carbonyl (C=O) groups excluding carboxylic acids is 2. The summed E-state index contributed by atoms with van der Waals surface area (Å²) in [6, 6.07) is 17.5. The largest absolute Gasteiger partial charge is 0.507 e. The van der Waals surface area contributed by atoms with Crippen LogP contribution in [0.4, 0.5) is 5.69 Å². The summed E-state index contributed by atoms with van der Waals surface area (Å²) in [4.78, 5) is 28.3. The number of hydrogen-bond acceptors (Lipinski definition) is 4. The second-order valence-corrected chi connectivity index (χ2v) is 8.37. The number of aliphatic hydroxyl groups excluding tert-OH is 1. The zero-order chi connectivity index (χ0) is 19.8. The van der Waals surface area contributed by atoms with Crippen LogP contribution in [-0.4, -0.2) is 16.8 Å². The number of rotatable bonds is 3. The van der Waals surface area contributed by atoms with Gasteiger partial charge in [0.2, 0.25) is 0 Å². The second-order valence-electron chi connectivity index (χ2n) is 6.48. The molecule has 1 saturated heterocycles. The lowest BCUT2D eigenvalue weighted by Gasteiger charge is -2.25. The number of Topliss-reactive ketones (excluding diaryl/α,β-unsaturated/α-hetero) is 1. The lowest BCUT2D eigenvalue weighted by atomic mass is 9.99. The van der Waals surface area contributed by atoms with Crippen LogP contribution in [0.15, 0.2) is 76.1 Å². The van der Waals surface area contributed by atoms with Gasteiger partial charge in [-0.25, -0.2) is 0 Å². The summed E-state index contributed by atoms with van der Waals surface area (Å²) in [6.07, 6.45) is 0. The Morgan fingerprint density at radius 1 is 1.04 bits per heavy atom. The molecule has 0 saturated carbocycles. The van der Waals surface area contributed by atoms with E-state index in [0.717, 1.165) is 14.9 Å². The lowest BCUT2D eigenvalue weighted by molar-refractivity contribution is -0.132. The van der Waals surface area contributed by atoms with Crippen LogP contribution < -0.4 is 4.90 Å². The van der Waals surface area contributed by atoms with Crippen molar-refractivity contribution in [3.63, 3.8) is 0 Å². The van der Waals surface area contributed by atoms with E-state index in [1.807, 2.05) is 48.7 Å². The average molecular weight is 454 g/mol. The standard InChI is InChI=1S/C22H16BrNO3S/c1-13-5-2-3-6-16(13)24-19(17-7-4-12-28-17)18(21(26)22(24)27)20(25)14-8-10-15(23)11-9-14/h2-12,19,25H,1H3/b20-18-. The molecule has 1 aromatic heterocycles. The van der Waals surface area contributed by atoms with Gasteiger partial charge >= 0.3 is 0 Å². The van der Waals surface area contributed by atoms with Gasteiger partial charge in [0.15, 0.2) is 0 Å². The van der Waals surface area contributed by atoms with E-state index < -0.39 is 17.7 Å². The van der Waals surface area contributed by atoms with Crippen molar-refractivity contribution < 1.29 is 14.7 Å². The van der Waals surface area contributed by atoms with Crippen molar-refractivity contribution in [3.8, 4) is 0 Å². The fourth-order valence-corrected chi connectivity index (χ4v) is 4.48. The zero-order valence-electron chi connectivity index (χ0n) is 14.9. The van der Waals surface area contributed by atoms with Crippen LogP contribution in [0.1, 0.15) is 22.0 Å². The van der Waals surface area contributed by atoms with Crippen LogP contribution in [0.25, 0.3) is 5.76 Å². The fraction of sp³-hybridized carbons (Fsp3) is 0.0909. The number of thiophene rings is 1. The summed E-state index contributed by atoms with van der Waals surface area (Å²) in [5, 5.41) is 12.9. The Hall–Kier alpha value is -2.70. The predicted octanol–water partition coefficient (Wildman–Crippen LogP) is 5.45. The normalized spacial score (nSPS) is 18.6. The minimum Gasteiger partial charge on any atom is -0.507 e. The summed E-state index contributed by atoms with van der Waals surface area (Å²) < 4.78 is 0.860. The third kappa shape index (κ3) is 3.08. The number of ketones is 1. The van der Waals surface area contributed by atoms with Crippen molar-refractivity contribution in [3.05, 3.63) is 92.1 Å². The zero-order valence-corrected chi connectivity index (χ0v) is 17.3. The third-order valence-electron chi connectivity index (χ3n) is 4.75. The van der Waals surface area contributed by atoms with Gasteiger partial charge < -0.3 is 5.11 Å². The second kappa shape index (κ2) is 7.37. The molecule has 1 N–H and O–H groups in total. The Morgan fingerprint density at radius 2 is 1.75 bits per heavy atom. The number of para-hydroxylation sites is 1. The maximum Gasteiger partial charge on any atom is 0.300 e. The van der Waals surface area contributed by atoms with Gasteiger partial charge in [0.1, 0.15) is 11.8 Å². The molecule has 28 heavy (non-hydrogen) atoms. The first-order valence-corrected chi connectivity index (χ1v) is 10.3. The molecule has 1 fully saturated rings. The Balaban J connectivity index is 1.94. The Bertz CT molecular complexity index is 1090. The summed E-state index contributed by atoms with van der Waals surface area (Å²) in [7, 11) is 0. The molecule has 0 bridgehead atoms. The van der Waals surface area contributed by atoms with Crippen LogP contribution in [0.3, 0.4) is 0 Å². The lowest BCUT2D eigenvalue weighted by Crippen LogP contribution is -2.29.